The summed E-state index contributed by atoms with van der Waals surface area (Å²) in [6.45, 7) is 0. The molecule has 1 aromatic heterocycles. The molecule has 0 aliphatic heterocycles. The van der Waals surface area contributed by atoms with Gasteiger partial charge in [0.15, 0.2) is 0 Å². The lowest BCUT2D eigenvalue weighted by Gasteiger charge is -2.10. The van der Waals surface area contributed by atoms with Crippen LogP contribution in [0.15, 0.2) is 53.6 Å². The highest BCUT2D eigenvalue weighted by Gasteiger charge is 2.31. The largest absolute Gasteiger partial charge is 0.416 e. The van der Waals surface area contributed by atoms with Crippen LogP contribution in [0.25, 0.3) is 0 Å². The fourth-order valence-electron chi connectivity index (χ4n) is 1.46. The summed E-state index contributed by atoms with van der Waals surface area (Å²) < 4.78 is 63.4. The molecule has 0 radical (unpaired) electrons. The Kier molecular flexibility index (Phi) is 3.67. The summed E-state index contributed by atoms with van der Waals surface area (Å²) in [5.41, 5.74) is -0.974. The molecule has 0 spiro atoms. The van der Waals surface area contributed by atoms with E-state index in [0.717, 1.165) is 12.3 Å². The molecule has 0 bridgehead atoms. The van der Waals surface area contributed by atoms with E-state index in [0.29, 0.717) is 6.07 Å². The monoisotopic (exact) mass is 302 g/mol. The number of benzene rings is 1. The highest BCUT2D eigenvalue weighted by Crippen LogP contribution is 2.30. The van der Waals surface area contributed by atoms with Crippen molar-refractivity contribution in [2.75, 3.05) is 4.72 Å². The van der Waals surface area contributed by atoms with Crippen molar-refractivity contribution in [1.29, 1.82) is 0 Å². The molecule has 1 N–H and O–H groups in total. The zero-order chi connectivity index (χ0) is 14.8. The first-order valence-electron chi connectivity index (χ1n) is 5.40. The maximum Gasteiger partial charge on any atom is 0.416 e. The lowest BCUT2D eigenvalue weighted by molar-refractivity contribution is -0.137. The number of hydrogen-bond donors (Lipinski definition) is 1. The average Bonchev–Trinajstić information content (AvgIpc) is 2.38. The van der Waals surface area contributed by atoms with Gasteiger partial charge in [-0.15, -0.1) is 0 Å². The third-order valence-electron chi connectivity index (χ3n) is 2.38. The van der Waals surface area contributed by atoms with Crippen LogP contribution in [0.1, 0.15) is 5.56 Å². The summed E-state index contributed by atoms with van der Waals surface area (Å²) in [4.78, 5) is 3.52. The summed E-state index contributed by atoms with van der Waals surface area (Å²) in [7, 11) is -3.96. The molecule has 0 aliphatic rings. The Morgan fingerprint density at radius 3 is 2.30 bits per heavy atom. The van der Waals surface area contributed by atoms with Gasteiger partial charge in [-0.05, 0) is 24.3 Å². The highest BCUT2D eigenvalue weighted by atomic mass is 32.2. The average molecular weight is 302 g/mol. The van der Waals surface area contributed by atoms with Gasteiger partial charge in [-0.1, -0.05) is 18.2 Å². The zero-order valence-electron chi connectivity index (χ0n) is 9.92. The molecule has 1 heterocycles. The number of rotatable bonds is 3. The molecule has 0 amide bonds. The van der Waals surface area contributed by atoms with Crippen molar-refractivity contribution in [2.45, 2.75) is 11.1 Å². The Labute approximate surface area is 113 Å². The van der Waals surface area contributed by atoms with Crippen molar-refractivity contribution >= 4 is 15.8 Å². The second-order valence-corrected chi connectivity index (χ2v) is 5.53. The highest BCUT2D eigenvalue weighted by molar-refractivity contribution is 7.92. The van der Waals surface area contributed by atoms with Gasteiger partial charge in [-0.3, -0.25) is 4.72 Å². The van der Waals surface area contributed by atoms with Crippen LogP contribution in [0, 0.1) is 0 Å². The lowest BCUT2D eigenvalue weighted by atomic mass is 10.2. The second kappa shape index (κ2) is 5.12. The molecule has 106 valence electrons. The standard InChI is InChI=1S/C12H9F3N2O2S/c13-12(14,15)9-6-7-16-11(8-9)17-20(18,19)10-4-2-1-3-5-10/h1-8H,(H,16,17). The molecular weight excluding hydrogens is 293 g/mol. The van der Waals surface area contributed by atoms with Crippen LogP contribution >= 0.6 is 0 Å². The number of halogens is 3. The lowest BCUT2D eigenvalue weighted by Crippen LogP contribution is -2.15. The second-order valence-electron chi connectivity index (χ2n) is 3.85. The minimum absolute atomic E-state index is 0.0563. The predicted molar refractivity (Wildman–Crippen MR) is 66.5 cm³/mol. The molecule has 1 aromatic carbocycles. The van der Waals surface area contributed by atoms with Crippen LogP contribution in [0.3, 0.4) is 0 Å². The topological polar surface area (TPSA) is 59.1 Å². The Balaban J connectivity index is 2.31. The summed E-state index contributed by atoms with van der Waals surface area (Å²) >= 11 is 0. The molecule has 20 heavy (non-hydrogen) atoms. The summed E-state index contributed by atoms with van der Waals surface area (Å²) in [6.07, 6.45) is -3.67. The first-order valence-corrected chi connectivity index (χ1v) is 6.88. The maximum absolute atomic E-state index is 12.5. The Hall–Kier alpha value is -2.09. The zero-order valence-corrected chi connectivity index (χ0v) is 10.7. The SMILES string of the molecule is O=S(=O)(Nc1cc(C(F)(F)F)ccn1)c1ccccc1. The fraction of sp³-hybridized carbons (Fsp3) is 0.0833. The van der Waals surface area contributed by atoms with Gasteiger partial charge in [0.05, 0.1) is 10.5 Å². The van der Waals surface area contributed by atoms with Gasteiger partial charge in [-0.2, -0.15) is 13.2 Å². The molecule has 2 rings (SSSR count). The van der Waals surface area contributed by atoms with Gasteiger partial charge in [0.2, 0.25) is 0 Å². The van der Waals surface area contributed by atoms with Crippen LogP contribution in [0.2, 0.25) is 0 Å². The maximum atomic E-state index is 12.5. The van der Waals surface area contributed by atoms with Gasteiger partial charge in [-0.25, -0.2) is 13.4 Å². The van der Waals surface area contributed by atoms with Crippen LogP contribution in [0.4, 0.5) is 19.0 Å². The number of alkyl halides is 3. The summed E-state index contributed by atoms with van der Waals surface area (Å²) in [5, 5.41) is 0. The normalized spacial score (nSPS) is 12.2. The molecule has 0 saturated heterocycles. The van der Waals surface area contributed by atoms with Crippen LogP contribution < -0.4 is 4.72 Å². The predicted octanol–water partition coefficient (Wildman–Crippen LogP) is 2.90. The van der Waals surface area contributed by atoms with Crippen LogP contribution in [0.5, 0.6) is 0 Å². The van der Waals surface area contributed by atoms with Gasteiger partial charge in [0.1, 0.15) is 5.82 Å². The quantitative estimate of drug-likeness (QED) is 0.948. The molecule has 8 heteroatoms. The third kappa shape index (κ3) is 3.27. The third-order valence-corrected chi connectivity index (χ3v) is 3.75. The van der Waals surface area contributed by atoms with E-state index in [4.69, 9.17) is 0 Å². The van der Waals surface area contributed by atoms with Gasteiger partial charge < -0.3 is 0 Å². The first kappa shape index (κ1) is 14.3. The van der Waals surface area contributed by atoms with Crippen molar-refractivity contribution in [3.63, 3.8) is 0 Å². The van der Waals surface area contributed by atoms with E-state index in [-0.39, 0.29) is 10.7 Å². The van der Waals surface area contributed by atoms with Crippen molar-refractivity contribution in [3.05, 3.63) is 54.2 Å². The minimum atomic E-state index is -4.56. The van der Waals surface area contributed by atoms with Crippen LogP contribution in [-0.4, -0.2) is 13.4 Å². The summed E-state index contributed by atoms with van der Waals surface area (Å²) in [6, 6.07) is 8.70. The molecular formula is C12H9F3N2O2S. The number of hydrogen-bond acceptors (Lipinski definition) is 3. The van der Waals surface area contributed by atoms with Crippen LogP contribution in [-0.2, 0) is 16.2 Å². The first-order chi connectivity index (χ1) is 9.29. The van der Waals surface area contributed by atoms with E-state index in [2.05, 4.69) is 4.98 Å². The van der Waals surface area contributed by atoms with E-state index in [1.165, 1.54) is 24.3 Å². The van der Waals surface area contributed by atoms with E-state index >= 15 is 0 Å². The van der Waals surface area contributed by atoms with Gasteiger partial charge in [0, 0.05) is 6.20 Å². The van der Waals surface area contributed by atoms with E-state index in [9.17, 15) is 21.6 Å². The fourth-order valence-corrected chi connectivity index (χ4v) is 2.48. The molecule has 0 unspecified atom stereocenters. The molecule has 4 nitrogen and oxygen atoms in total. The van der Waals surface area contributed by atoms with Crippen molar-refractivity contribution in [1.82, 2.24) is 4.98 Å². The van der Waals surface area contributed by atoms with E-state index < -0.39 is 21.8 Å². The van der Waals surface area contributed by atoms with Crippen molar-refractivity contribution in [3.8, 4) is 0 Å². The van der Waals surface area contributed by atoms with E-state index in [1.807, 2.05) is 4.72 Å². The molecule has 0 saturated carbocycles. The van der Waals surface area contributed by atoms with Crippen molar-refractivity contribution in [2.24, 2.45) is 0 Å². The number of sulfonamides is 1. The molecule has 0 aliphatic carbocycles. The van der Waals surface area contributed by atoms with Gasteiger partial charge in [0.25, 0.3) is 10.0 Å². The Bertz CT molecular complexity index is 700. The molecule has 2 aromatic rings. The number of nitrogens with zero attached hydrogens (tertiary/aromatic N) is 1. The van der Waals surface area contributed by atoms with E-state index in [1.54, 1.807) is 6.07 Å². The number of pyridine rings is 1. The molecule has 0 atom stereocenters. The minimum Gasteiger partial charge on any atom is -0.263 e. The smallest absolute Gasteiger partial charge is 0.263 e. The number of anilines is 1. The van der Waals surface area contributed by atoms with Gasteiger partial charge >= 0.3 is 6.18 Å². The Morgan fingerprint density at radius 1 is 1.05 bits per heavy atom. The summed E-state index contributed by atoms with van der Waals surface area (Å²) in [5.74, 6) is -0.385. The van der Waals surface area contributed by atoms with Crippen molar-refractivity contribution < 1.29 is 21.6 Å². The molecule has 0 fully saturated rings. The number of nitrogens with one attached hydrogen (secondary N) is 1. The number of aromatic nitrogens is 1. The Morgan fingerprint density at radius 2 is 1.70 bits per heavy atom.